The maximum absolute atomic E-state index is 11.3. The number of pyridine rings is 1. The van der Waals surface area contributed by atoms with Crippen LogP contribution in [-0.2, 0) is 4.74 Å². The molecular weight excluding hydrogens is 182 g/mol. The van der Waals surface area contributed by atoms with Crippen molar-refractivity contribution in [1.29, 1.82) is 5.26 Å². The Labute approximate surface area is 81.1 Å². The Morgan fingerprint density at radius 1 is 1.71 bits per heavy atom. The van der Waals surface area contributed by atoms with Gasteiger partial charge in [-0.25, -0.2) is 9.78 Å². The van der Waals surface area contributed by atoms with Crippen molar-refractivity contribution in [3.05, 3.63) is 23.4 Å². The minimum Gasteiger partial charge on any atom is -0.461 e. The molecule has 0 saturated heterocycles. The first-order valence-electron chi connectivity index (χ1n) is 4.02. The maximum atomic E-state index is 11.3. The Bertz CT molecular complexity index is 396. The smallest absolute Gasteiger partial charge is 0.358 e. The number of aromatic nitrogens is 1. The minimum absolute atomic E-state index is 0.0330. The second-order valence-electron chi connectivity index (χ2n) is 2.46. The number of anilines is 1. The van der Waals surface area contributed by atoms with Crippen molar-refractivity contribution in [3.63, 3.8) is 0 Å². The number of nitrogen functional groups attached to an aromatic ring is 1. The summed E-state index contributed by atoms with van der Waals surface area (Å²) >= 11 is 0. The van der Waals surface area contributed by atoms with Crippen LogP contribution in [0.25, 0.3) is 0 Å². The van der Waals surface area contributed by atoms with Crippen LogP contribution in [0.3, 0.4) is 0 Å². The first kappa shape index (κ1) is 9.99. The molecule has 0 spiro atoms. The highest BCUT2D eigenvalue weighted by Gasteiger charge is 2.14. The molecular formula is C9H9N3O2. The highest BCUT2D eigenvalue weighted by molar-refractivity contribution is 5.90. The molecule has 1 heterocycles. The van der Waals surface area contributed by atoms with E-state index in [1.807, 2.05) is 6.07 Å². The van der Waals surface area contributed by atoms with Gasteiger partial charge in [0, 0.05) is 0 Å². The summed E-state index contributed by atoms with van der Waals surface area (Å²) in [6.45, 7) is 1.91. The lowest BCUT2D eigenvalue weighted by Gasteiger charge is -2.02. The standard InChI is InChI=1S/C9H9N3O2/c1-2-14-9(13)8-6(5-10)3-4-7(11)12-8/h3-4H,2H2,1H3,(H2,11,12). The number of carbonyl (C=O) groups is 1. The molecule has 0 amide bonds. The van der Waals surface area contributed by atoms with Crippen molar-refractivity contribution in [2.45, 2.75) is 6.92 Å². The van der Waals surface area contributed by atoms with E-state index in [2.05, 4.69) is 4.98 Å². The molecule has 5 nitrogen and oxygen atoms in total. The van der Waals surface area contributed by atoms with E-state index < -0.39 is 5.97 Å². The van der Waals surface area contributed by atoms with Crippen LogP contribution in [0.2, 0.25) is 0 Å². The van der Waals surface area contributed by atoms with E-state index in [0.29, 0.717) is 0 Å². The topological polar surface area (TPSA) is 89.0 Å². The Morgan fingerprint density at radius 3 is 3.00 bits per heavy atom. The van der Waals surface area contributed by atoms with E-state index >= 15 is 0 Å². The molecule has 5 heteroatoms. The normalized spacial score (nSPS) is 9.14. The van der Waals surface area contributed by atoms with Crippen molar-refractivity contribution in [2.24, 2.45) is 0 Å². The number of ether oxygens (including phenoxy) is 1. The summed E-state index contributed by atoms with van der Waals surface area (Å²) in [7, 11) is 0. The third-order valence-corrected chi connectivity index (χ3v) is 1.51. The predicted molar refractivity (Wildman–Crippen MR) is 49.3 cm³/mol. The molecule has 0 fully saturated rings. The Balaban J connectivity index is 3.12. The number of hydrogen-bond acceptors (Lipinski definition) is 5. The Hall–Kier alpha value is -2.09. The number of carbonyl (C=O) groups excluding carboxylic acids is 1. The quantitative estimate of drug-likeness (QED) is 0.695. The molecule has 0 aromatic carbocycles. The lowest BCUT2D eigenvalue weighted by atomic mass is 10.2. The molecule has 0 atom stereocenters. The first-order chi connectivity index (χ1) is 6.69. The van der Waals surface area contributed by atoms with Crippen LogP contribution >= 0.6 is 0 Å². The molecule has 0 bridgehead atoms. The minimum atomic E-state index is -0.628. The van der Waals surface area contributed by atoms with Crippen LogP contribution < -0.4 is 5.73 Å². The number of nitrogens with two attached hydrogens (primary N) is 1. The second-order valence-corrected chi connectivity index (χ2v) is 2.46. The number of nitrogens with zero attached hydrogens (tertiary/aromatic N) is 2. The summed E-state index contributed by atoms with van der Waals surface area (Å²) in [5.74, 6) is -0.441. The van der Waals surface area contributed by atoms with Gasteiger partial charge in [0.1, 0.15) is 11.9 Å². The van der Waals surface area contributed by atoms with Gasteiger partial charge in [-0.3, -0.25) is 0 Å². The highest BCUT2D eigenvalue weighted by atomic mass is 16.5. The molecule has 1 rings (SSSR count). The van der Waals surface area contributed by atoms with Gasteiger partial charge >= 0.3 is 5.97 Å². The highest BCUT2D eigenvalue weighted by Crippen LogP contribution is 2.09. The number of nitriles is 1. The Kier molecular flexibility index (Phi) is 3.02. The van der Waals surface area contributed by atoms with Gasteiger partial charge < -0.3 is 10.5 Å². The van der Waals surface area contributed by atoms with Crippen molar-refractivity contribution in [2.75, 3.05) is 12.3 Å². The fourth-order valence-electron chi connectivity index (χ4n) is 0.920. The van der Waals surface area contributed by atoms with Gasteiger partial charge in [0.15, 0.2) is 5.69 Å². The number of rotatable bonds is 2. The van der Waals surface area contributed by atoms with Crippen molar-refractivity contribution in [3.8, 4) is 6.07 Å². The fraction of sp³-hybridized carbons (Fsp3) is 0.222. The molecule has 2 N–H and O–H groups in total. The van der Waals surface area contributed by atoms with E-state index in [-0.39, 0.29) is 23.7 Å². The SMILES string of the molecule is CCOC(=O)c1nc(N)ccc1C#N. The number of esters is 1. The van der Waals surface area contributed by atoms with Crippen LogP contribution in [0.4, 0.5) is 5.82 Å². The zero-order chi connectivity index (χ0) is 10.6. The van der Waals surface area contributed by atoms with Gasteiger partial charge in [0.2, 0.25) is 0 Å². The summed E-state index contributed by atoms with van der Waals surface area (Å²) < 4.78 is 4.72. The molecule has 0 aliphatic heterocycles. The third-order valence-electron chi connectivity index (χ3n) is 1.51. The van der Waals surface area contributed by atoms with Gasteiger partial charge in [-0.1, -0.05) is 0 Å². The van der Waals surface area contributed by atoms with Crippen molar-refractivity contribution < 1.29 is 9.53 Å². The summed E-state index contributed by atoms with van der Waals surface area (Å²) in [5, 5.41) is 8.69. The zero-order valence-corrected chi connectivity index (χ0v) is 7.65. The van der Waals surface area contributed by atoms with Crippen molar-refractivity contribution >= 4 is 11.8 Å². The molecule has 1 aromatic rings. The summed E-state index contributed by atoms with van der Waals surface area (Å²) in [5.41, 5.74) is 5.52. The summed E-state index contributed by atoms with van der Waals surface area (Å²) in [6.07, 6.45) is 0. The van der Waals surface area contributed by atoms with Crippen LogP contribution in [0, 0.1) is 11.3 Å². The average Bonchev–Trinajstić information content (AvgIpc) is 2.18. The van der Waals surface area contributed by atoms with Gasteiger partial charge in [0.25, 0.3) is 0 Å². The first-order valence-corrected chi connectivity index (χ1v) is 4.02. The average molecular weight is 191 g/mol. The largest absolute Gasteiger partial charge is 0.461 e. The van der Waals surface area contributed by atoms with Crippen LogP contribution in [0.15, 0.2) is 12.1 Å². The predicted octanol–water partition coefficient (Wildman–Crippen LogP) is 0.712. The van der Waals surface area contributed by atoms with E-state index in [4.69, 9.17) is 15.7 Å². The molecule has 72 valence electrons. The van der Waals surface area contributed by atoms with E-state index in [1.54, 1.807) is 6.92 Å². The van der Waals surface area contributed by atoms with E-state index in [1.165, 1.54) is 12.1 Å². The lowest BCUT2D eigenvalue weighted by Crippen LogP contribution is -2.10. The van der Waals surface area contributed by atoms with E-state index in [0.717, 1.165) is 0 Å². The van der Waals surface area contributed by atoms with Gasteiger partial charge in [0.05, 0.1) is 12.2 Å². The molecule has 0 saturated carbocycles. The maximum Gasteiger partial charge on any atom is 0.358 e. The van der Waals surface area contributed by atoms with E-state index in [9.17, 15) is 4.79 Å². The lowest BCUT2D eigenvalue weighted by molar-refractivity contribution is 0.0519. The van der Waals surface area contributed by atoms with Crippen molar-refractivity contribution in [1.82, 2.24) is 4.98 Å². The van der Waals surface area contributed by atoms with Gasteiger partial charge in [-0.05, 0) is 19.1 Å². The second kappa shape index (κ2) is 4.23. The Morgan fingerprint density at radius 2 is 2.43 bits per heavy atom. The molecule has 0 unspecified atom stereocenters. The fourth-order valence-corrected chi connectivity index (χ4v) is 0.920. The van der Waals surface area contributed by atoms with Gasteiger partial charge in [-0.15, -0.1) is 0 Å². The van der Waals surface area contributed by atoms with Gasteiger partial charge in [-0.2, -0.15) is 5.26 Å². The third kappa shape index (κ3) is 1.98. The summed E-state index contributed by atoms with van der Waals surface area (Å²) in [6, 6.07) is 4.74. The summed E-state index contributed by atoms with van der Waals surface area (Å²) in [4.78, 5) is 15.0. The molecule has 0 radical (unpaired) electrons. The molecule has 0 aliphatic carbocycles. The monoisotopic (exact) mass is 191 g/mol. The van der Waals surface area contributed by atoms with Crippen LogP contribution in [-0.4, -0.2) is 17.6 Å². The molecule has 14 heavy (non-hydrogen) atoms. The van der Waals surface area contributed by atoms with Crippen LogP contribution in [0.5, 0.6) is 0 Å². The molecule has 0 aliphatic rings. The molecule has 1 aromatic heterocycles. The zero-order valence-electron chi connectivity index (χ0n) is 7.65. The van der Waals surface area contributed by atoms with Crippen LogP contribution in [0.1, 0.15) is 23.0 Å². The number of hydrogen-bond donors (Lipinski definition) is 1.